The van der Waals surface area contributed by atoms with Crippen molar-refractivity contribution in [3.63, 3.8) is 0 Å². The summed E-state index contributed by atoms with van der Waals surface area (Å²) in [6.45, 7) is 1.99. The van der Waals surface area contributed by atoms with Gasteiger partial charge in [-0.15, -0.1) is 0 Å². The summed E-state index contributed by atoms with van der Waals surface area (Å²) in [5.41, 5.74) is -0.378. The van der Waals surface area contributed by atoms with Crippen LogP contribution in [0, 0.1) is 0 Å². The molecule has 2 rings (SSSR count). The van der Waals surface area contributed by atoms with Gasteiger partial charge in [0.2, 0.25) is 0 Å². The van der Waals surface area contributed by atoms with Crippen LogP contribution in [0.15, 0.2) is 36.4 Å². The highest BCUT2D eigenvalue weighted by Gasteiger charge is 2.43. The number of esters is 1. The van der Waals surface area contributed by atoms with E-state index < -0.39 is 23.3 Å². The van der Waals surface area contributed by atoms with Crippen LogP contribution in [0.25, 0.3) is 0 Å². The number of carbonyl (C=O) groups is 3. The van der Waals surface area contributed by atoms with Gasteiger partial charge in [0.05, 0.1) is 6.61 Å². The van der Waals surface area contributed by atoms with Gasteiger partial charge in [0.25, 0.3) is 0 Å². The molecule has 0 saturated heterocycles. The fourth-order valence-corrected chi connectivity index (χ4v) is 3.10. The van der Waals surface area contributed by atoms with Gasteiger partial charge in [-0.05, 0) is 30.9 Å². The Balaban J connectivity index is 2.32. The molecule has 0 aromatic heterocycles. The zero-order valence-electron chi connectivity index (χ0n) is 13.4. The lowest BCUT2D eigenvalue weighted by Crippen LogP contribution is -2.38. The Labute approximate surface area is 139 Å². The normalized spacial score (nSPS) is 21.8. The number of carbonyl (C=O) groups excluding carboxylic acids is 1. The van der Waals surface area contributed by atoms with E-state index in [2.05, 4.69) is 0 Å². The zero-order chi connectivity index (χ0) is 17.7. The Kier molecular flexibility index (Phi) is 5.39. The van der Waals surface area contributed by atoms with Crippen molar-refractivity contribution in [2.75, 3.05) is 6.61 Å². The first-order chi connectivity index (χ1) is 11.4. The van der Waals surface area contributed by atoms with Crippen LogP contribution in [0.1, 0.15) is 43.2 Å². The van der Waals surface area contributed by atoms with Gasteiger partial charge < -0.3 is 14.9 Å². The van der Waals surface area contributed by atoms with Crippen LogP contribution < -0.4 is 0 Å². The van der Waals surface area contributed by atoms with Gasteiger partial charge in [-0.2, -0.15) is 0 Å². The summed E-state index contributed by atoms with van der Waals surface area (Å²) in [5, 5.41) is 19.2. The largest absolute Gasteiger partial charge is 0.481 e. The molecule has 1 aliphatic carbocycles. The van der Waals surface area contributed by atoms with Crippen LogP contribution in [-0.2, 0) is 24.5 Å². The van der Waals surface area contributed by atoms with Crippen molar-refractivity contribution in [1.82, 2.24) is 0 Å². The lowest BCUT2D eigenvalue weighted by atomic mass is 9.68. The van der Waals surface area contributed by atoms with Gasteiger partial charge in [-0.3, -0.25) is 14.4 Å². The average molecular weight is 332 g/mol. The molecule has 1 aliphatic rings. The molecule has 24 heavy (non-hydrogen) atoms. The fraction of sp³-hybridized carbons (Fsp3) is 0.389. The zero-order valence-corrected chi connectivity index (χ0v) is 13.4. The third-order valence-corrected chi connectivity index (χ3v) is 4.25. The second-order valence-electron chi connectivity index (χ2n) is 5.70. The van der Waals surface area contributed by atoms with Gasteiger partial charge in [-0.25, -0.2) is 0 Å². The second kappa shape index (κ2) is 7.29. The summed E-state index contributed by atoms with van der Waals surface area (Å²) in [6, 6.07) is 6.67. The molecule has 6 nitrogen and oxygen atoms in total. The first-order valence-electron chi connectivity index (χ1n) is 7.83. The van der Waals surface area contributed by atoms with Gasteiger partial charge in [0.1, 0.15) is 11.3 Å². The maximum absolute atomic E-state index is 12.0. The van der Waals surface area contributed by atoms with Crippen LogP contribution in [0.5, 0.6) is 0 Å². The summed E-state index contributed by atoms with van der Waals surface area (Å²) in [6.07, 6.45) is 3.52. The highest BCUT2D eigenvalue weighted by Crippen LogP contribution is 2.41. The van der Waals surface area contributed by atoms with Gasteiger partial charge in [-0.1, -0.05) is 36.4 Å². The third-order valence-electron chi connectivity index (χ3n) is 4.25. The van der Waals surface area contributed by atoms with Crippen molar-refractivity contribution >= 4 is 17.9 Å². The highest BCUT2D eigenvalue weighted by molar-refractivity contribution is 5.89. The first kappa shape index (κ1) is 17.7. The molecule has 2 atom stereocenters. The van der Waals surface area contributed by atoms with E-state index >= 15 is 0 Å². The van der Waals surface area contributed by atoms with Crippen molar-refractivity contribution in [3.05, 3.63) is 47.5 Å². The molecule has 0 bridgehead atoms. The molecule has 0 amide bonds. The monoisotopic (exact) mass is 332 g/mol. The Bertz CT molecular complexity index is 678. The predicted octanol–water partition coefficient (Wildman–Crippen LogP) is 2.48. The number of benzene rings is 1. The summed E-state index contributed by atoms with van der Waals surface area (Å²) in [7, 11) is 0. The SMILES string of the molecule is CCOC(=O)CCC[C@]1(C(=O)O)C=C[C@H](C(=O)O)c2ccccc21. The Morgan fingerprint density at radius 3 is 2.54 bits per heavy atom. The number of rotatable bonds is 7. The minimum absolute atomic E-state index is 0.126. The molecule has 0 radical (unpaired) electrons. The Morgan fingerprint density at radius 2 is 1.92 bits per heavy atom. The van der Waals surface area contributed by atoms with E-state index in [0.717, 1.165) is 0 Å². The Morgan fingerprint density at radius 1 is 1.21 bits per heavy atom. The minimum Gasteiger partial charge on any atom is -0.481 e. The van der Waals surface area contributed by atoms with Crippen molar-refractivity contribution in [3.8, 4) is 0 Å². The van der Waals surface area contributed by atoms with Crippen LogP contribution in [0.2, 0.25) is 0 Å². The number of carboxylic acid groups (broad SMARTS) is 2. The van der Waals surface area contributed by atoms with Gasteiger partial charge in [0, 0.05) is 6.42 Å². The van der Waals surface area contributed by atoms with E-state index in [0.29, 0.717) is 17.5 Å². The molecule has 0 aliphatic heterocycles. The fourth-order valence-electron chi connectivity index (χ4n) is 3.10. The van der Waals surface area contributed by atoms with E-state index in [1.54, 1.807) is 31.2 Å². The quantitative estimate of drug-likeness (QED) is 0.587. The maximum Gasteiger partial charge on any atom is 0.318 e. The van der Waals surface area contributed by atoms with Crippen molar-refractivity contribution in [1.29, 1.82) is 0 Å². The van der Waals surface area contributed by atoms with Crippen molar-refractivity contribution in [2.24, 2.45) is 0 Å². The summed E-state index contributed by atoms with van der Waals surface area (Å²) in [4.78, 5) is 34.9. The molecule has 0 spiro atoms. The van der Waals surface area contributed by atoms with E-state index in [1.165, 1.54) is 12.2 Å². The van der Waals surface area contributed by atoms with Crippen molar-refractivity contribution in [2.45, 2.75) is 37.5 Å². The molecular formula is C18H20O6. The van der Waals surface area contributed by atoms with E-state index in [1.807, 2.05) is 0 Å². The molecule has 0 unspecified atom stereocenters. The first-order valence-corrected chi connectivity index (χ1v) is 7.83. The number of hydrogen-bond donors (Lipinski definition) is 2. The smallest absolute Gasteiger partial charge is 0.318 e. The number of fused-ring (bicyclic) bond motifs is 1. The lowest BCUT2D eigenvalue weighted by molar-refractivity contribution is -0.145. The standard InChI is InChI=1S/C18H20O6/c1-2-24-15(19)8-5-10-18(17(22)23)11-9-13(16(20)21)12-6-3-4-7-14(12)18/h3-4,6-7,9,11,13H,2,5,8,10H2,1H3,(H,20,21)(H,22,23)/t13-,18-/m0/s1. The third kappa shape index (κ3) is 3.32. The number of ether oxygens (including phenoxy) is 1. The van der Waals surface area contributed by atoms with E-state index in [-0.39, 0.29) is 25.4 Å². The molecule has 128 valence electrons. The maximum atomic E-state index is 12.0. The van der Waals surface area contributed by atoms with Crippen LogP contribution in [-0.4, -0.2) is 34.7 Å². The molecule has 2 N–H and O–H groups in total. The van der Waals surface area contributed by atoms with E-state index in [4.69, 9.17) is 4.74 Å². The molecule has 0 saturated carbocycles. The minimum atomic E-state index is -1.32. The van der Waals surface area contributed by atoms with Gasteiger partial charge >= 0.3 is 17.9 Å². The number of hydrogen-bond acceptors (Lipinski definition) is 4. The summed E-state index contributed by atoms with van der Waals surface area (Å²) >= 11 is 0. The van der Waals surface area contributed by atoms with Crippen LogP contribution >= 0.6 is 0 Å². The Hall–Kier alpha value is -2.63. The molecule has 6 heteroatoms. The molecule has 0 heterocycles. The van der Waals surface area contributed by atoms with E-state index in [9.17, 15) is 24.6 Å². The van der Waals surface area contributed by atoms with Gasteiger partial charge in [0.15, 0.2) is 0 Å². The number of aliphatic carboxylic acids is 2. The van der Waals surface area contributed by atoms with Crippen LogP contribution in [0.4, 0.5) is 0 Å². The van der Waals surface area contributed by atoms with Crippen LogP contribution in [0.3, 0.4) is 0 Å². The summed E-state index contributed by atoms with van der Waals surface area (Å²) < 4.78 is 4.86. The lowest BCUT2D eigenvalue weighted by Gasteiger charge is -2.33. The second-order valence-corrected chi connectivity index (χ2v) is 5.70. The molecule has 1 aromatic rings. The molecule has 1 aromatic carbocycles. The number of carboxylic acids is 2. The molecular weight excluding hydrogens is 312 g/mol. The highest BCUT2D eigenvalue weighted by atomic mass is 16.5. The topological polar surface area (TPSA) is 101 Å². The average Bonchev–Trinajstić information content (AvgIpc) is 2.54. The molecule has 0 fully saturated rings. The summed E-state index contributed by atoms with van der Waals surface area (Å²) in [5.74, 6) is -3.31. The van der Waals surface area contributed by atoms with Crippen molar-refractivity contribution < 1.29 is 29.3 Å². The predicted molar refractivity (Wildman–Crippen MR) is 85.8 cm³/mol.